The van der Waals surface area contributed by atoms with E-state index in [4.69, 9.17) is 0 Å². The van der Waals surface area contributed by atoms with Gasteiger partial charge in [-0.05, 0) is 45.1 Å². The van der Waals surface area contributed by atoms with Crippen LogP contribution in [0, 0.1) is 5.92 Å². The maximum atomic E-state index is 4.07. The Bertz CT molecular complexity index is 281. The van der Waals surface area contributed by atoms with Crippen molar-refractivity contribution in [1.29, 1.82) is 0 Å². The second kappa shape index (κ2) is 8.03. The number of aromatic nitrogens is 1. The fourth-order valence-corrected chi connectivity index (χ4v) is 1.80. The first-order valence-corrected chi connectivity index (χ1v) is 6.20. The standard InChI is InChI=1S/C7H11N3.C6H13N/c1-8-6-10-7-4-2-3-5-9-7;1-6-3-4-7(2)5-6/h2-5,8H,6H2,1H3,(H,9,10);6H,3-5H2,1-2H3. The van der Waals surface area contributed by atoms with Crippen molar-refractivity contribution < 1.29 is 0 Å². The first-order chi connectivity index (χ1) is 8.22. The Hall–Kier alpha value is -1.13. The van der Waals surface area contributed by atoms with Gasteiger partial charge in [-0.15, -0.1) is 0 Å². The SMILES string of the molecule is CC1CCN(C)C1.CNCNc1ccccn1. The molecule has 4 nitrogen and oxygen atoms in total. The Balaban J connectivity index is 0.000000181. The van der Waals surface area contributed by atoms with E-state index in [1.54, 1.807) is 6.20 Å². The highest BCUT2D eigenvalue weighted by Gasteiger charge is 2.13. The molecular weight excluding hydrogens is 212 g/mol. The van der Waals surface area contributed by atoms with Crippen LogP contribution in [0.5, 0.6) is 0 Å². The van der Waals surface area contributed by atoms with Gasteiger partial charge in [0, 0.05) is 12.7 Å². The van der Waals surface area contributed by atoms with Crippen molar-refractivity contribution in [2.45, 2.75) is 13.3 Å². The summed E-state index contributed by atoms with van der Waals surface area (Å²) in [6.45, 7) is 5.67. The predicted octanol–water partition coefficient (Wildman–Crippen LogP) is 1.63. The van der Waals surface area contributed by atoms with Crippen LogP contribution in [-0.2, 0) is 0 Å². The van der Waals surface area contributed by atoms with Gasteiger partial charge in [-0.3, -0.25) is 0 Å². The van der Waals surface area contributed by atoms with Crippen molar-refractivity contribution in [3.8, 4) is 0 Å². The lowest BCUT2D eigenvalue weighted by atomic mass is 10.2. The molecule has 4 heteroatoms. The number of nitrogens with one attached hydrogen (secondary N) is 2. The zero-order valence-corrected chi connectivity index (χ0v) is 11.1. The number of anilines is 1. The minimum Gasteiger partial charge on any atom is -0.358 e. The van der Waals surface area contributed by atoms with Gasteiger partial charge in [0.1, 0.15) is 5.82 Å². The molecule has 0 aromatic carbocycles. The average molecular weight is 236 g/mol. The smallest absolute Gasteiger partial charge is 0.126 e. The van der Waals surface area contributed by atoms with Crippen LogP contribution >= 0.6 is 0 Å². The second-order valence-electron chi connectivity index (χ2n) is 4.58. The maximum Gasteiger partial charge on any atom is 0.126 e. The van der Waals surface area contributed by atoms with E-state index in [0.29, 0.717) is 0 Å². The zero-order valence-electron chi connectivity index (χ0n) is 11.1. The molecule has 1 saturated heterocycles. The van der Waals surface area contributed by atoms with Gasteiger partial charge >= 0.3 is 0 Å². The van der Waals surface area contributed by atoms with Crippen LogP contribution < -0.4 is 10.6 Å². The average Bonchev–Trinajstić information content (AvgIpc) is 2.73. The number of likely N-dealkylation sites (tertiary alicyclic amines) is 1. The maximum absolute atomic E-state index is 4.07. The summed E-state index contributed by atoms with van der Waals surface area (Å²) in [5, 5.41) is 6.04. The highest BCUT2D eigenvalue weighted by Crippen LogP contribution is 2.11. The van der Waals surface area contributed by atoms with E-state index in [1.807, 2.05) is 25.2 Å². The Morgan fingerprint density at radius 3 is 2.71 bits per heavy atom. The summed E-state index contributed by atoms with van der Waals surface area (Å²) in [5.74, 6) is 1.85. The van der Waals surface area contributed by atoms with E-state index in [1.165, 1.54) is 19.5 Å². The van der Waals surface area contributed by atoms with Gasteiger partial charge in [0.05, 0.1) is 6.67 Å². The van der Waals surface area contributed by atoms with Gasteiger partial charge in [0.2, 0.25) is 0 Å². The predicted molar refractivity (Wildman–Crippen MR) is 73.1 cm³/mol. The third-order valence-electron chi connectivity index (χ3n) is 2.74. The van der Waals surface area contributed by atoms with Crippen LogP contribution in [0.25, 0.3) is 0 Å². The van der Waals surface area contributed by atoms with Gasteiger partial charge in [-0.2, -0.15) is 0 Å². The molecule has 1 atom stereocenters. The van der Waals surface area contributed by atoms with Gasteiger partial charge < -0.3 is 15.5 Å². The number of hydrogen-bond donors (Lipinski definition) is 2. The van der Waals surface area contributed by atoms with Crippen molar-refractivity contribution in [2.24, 2.45) is 5.92 Å². The molecule has 1 aromatic rings. The molecule has 1 unspecified atom stereocenters. The van der Waals surface area contributed by atoms with E-state index in [9.17, 15) is 0 Å². The molecule has 17 heavy (non-hydrogen) atoms. The Morgan fingerprint density at radius 1 is 1.47 bits per heavy atom. The van der Waals surface area contributed by atoms with Crippen molar-refractivity contribution >= 4 is 5.82 Å². The molecule has 0 radical (unpaired) electrons. The molecule has 2 rings (SSSR count). The molecule has 2 heterocycles. The topological polar surface area (TPSA) is 40.2 Å². The van der Waals surface area contributed by atoms with Crippen LogP contribution in [0.3, 0.4) is 0 Å². The molecule has 1 aliphatic rings. The first kappa shape index (κ1) is 13.9. The Labute approximate surface area is 104 Å². The molecule has 1 fully saturated rings. The lowest BCUT2D eigenvalue weighted by Crippen LogP contribution is -2.17. The van der Waals surface area contributed by atoms with Crippen molar-refractivity contribution in [1.82, 2.24) is 15.2 Å². The summed E-state index contributed by atoms with van der Waals surface area (Å²) in [5.41, 5.74) is 0. The quantitative estimate of drug-likeness (QED) is 0.783. The summed E-state index contributed by atoms with van der Waals surface area (Å²) in [4.78, 5) is 6.44. The normalized spacial score (nSPS) is 19.6. The minimum absolute atomic E-state index is 0.747. The molecule has 0 saturated carbocycles. The summed E-state index contributed by atoms with van der Waals surface area (Å²) >= 11 is 0. The second-order valence-corrected chi connectivity index (χ2v) is 4.58. The monoisotopic (exact) mass is 236 g/mol. The third-order valence-corrected chi connectivity index (χ3v) is 2.74. The van der Waals surface area contributed by atoms with E-state index >= 15 is 0 Å². The zero-order chi connectivity index (χ0) is 12.5. The fourth-order valence-electron chi connectivity index (χ4n) is 1.80. The van der Waals surface area contributed by atoms with E-state index < -0.39 is 0 Å². The van der Waals surface area contributed by atoms with Gasteiger partial charge in [-0.1, -0.05) is 13.0 Å². The minimum atomic E-state index is 0.747. The molecule has 1 aliphatic heterocycles. The van der Waals surface area contributed by atoms with Crippen LogP contribution in [0.4, 0.5) is 5.82 Å². The van der Waals surface area contributed by atoms with Gasteiger partial charge in [0.25, 0.3) is 0 Å². The summed E-state index contributed by atoms with van der Waals surface area (Å²) in [6, 6.07) is 5.77. The van der Waals surface area contributed by atoms with Crippen molar-refractivity contribution in [3.05, 3.63) is 24.4 Å². The van der Waals surface area contributed by atoms with Crippen molar-refractivity contribution in [3.63, 3.8) is 0 Å². The molecule has 0 bridgehead atoms. The molecular formula is C13H24N4. The third kappa shape index (κ3) is 6.24. The number of nitrogens with zero attached hydrogens (tertiary/aromatic N) is 2. The summed E-state index contributed by atoms with van der Waals surface area (Å²) in [6.07, 6.45) is 3.16. The van der Waals surface area contributed by atoms with Crippen LogP contribution in [0.2, 0.25) is 0 Å². The fraction of sp³-hybridized carbons (Fsp3) is 0.615. The Morgan fingerprint density at radius 2 is 2.29 bits per heavy atom. The van der Waals surface area contributed by atoms with Crippen molar-refractivity contribution in [2.75, 3.05) is 39.2 Å². The van der Waals surface area contributed by atoms with E-state index in [2.05, 4.69) is 34.5 Å². The van der Waals surface area contributed by atoms with Crippen LogP contribution in [0.1, 0.15) is 13.3 Å². The van der Waals surface area contributed by atoms with E-state index in [-0.39, 0.29) is 0 Å². The molecule has 0 amide bonds. The van der Waals surface area contributed by atoms with E-state index in [0.717, 1.165) is 18.4 Å². The largest absolute Gasteiger partial charge is 0.358 e. The molecule has 96 valence electrons. The number of hydrogen-bond acceptors (Lipinski definition) is 4. The van der Waals surface area contributed by atoms with Crippen LogP contribution in [0.15, 0.2) is 24.4 Å². The highest BCUT2D eigenvalue weighted by atomic mass is 15.1. The molecule has 0 aliphatic carbocycles. The van der Waals surface area contributed by atoms with Crippen LogP contribution in [-0.4, -0.2) is 43.7 Å². The molecule has 1 aromatic heterocycles. The lowest BCUT2D eigenvalue weighted by Gasteiger charge is -2.03. The number of rotatable bonds is 3. The van der Waals surface area contributed by atoms with Gasteiger partial charge in [-0.25, -0.2) is 4.98 Å². The highest BCUT2D eigenvalue weighted by molar-refractivity contribution is 5.32. The molecule has 0 spiro atoms. The molecule has 2 N–H and O–H groups in total. The summed E-state index contributed by atoms with van der Waals surface area (Å²) < 4.78 is 0. The lowest BCUT2D eigenvalue weighted by molar-refractivity contribution is 0.402. The summed E-state index contributed by atoms with van der Waals surface area (Å²) in [7, 11) is 4.07. The first-order valence-electron chi connectivity index (χ1n) is 6.20. The van der Waals surface area contributed by atoms with Gasteiger partial charge in [0.15, 0.2) is 0 Å². The Kier molecular flexibility index (Phi) is 6.58. The number of pyridine rings is 1.